The van der Waals surface area contributed by atoms with Crippen molar-refractivity contribution in [2.75, 3.05) is 13.1 Å². The molecule has 0 radical (unpaired) electrons. The lowest BCUT2D eigenvalue weighted by molar-refractivity contribution is -0.0176. The molecule has 1 N–H and O–H groups in total. The van der Waals surface area contributed by atoms with E-state index in [4.69, 9.17) is 0 Å². The first-order chi connectivity index (χ1) is 10.3. The maximum Gasteiger partial charge on any atom is 0.193 e. The first kappa shape index (κ1) is 13.7. The van der Waals surface area contributed by atoms with Gasteiger partial charge in [0, 0.05) is 29.7 Å². The number of imidazole rings is 1. The molecule has 2 aromatic rings. The Bertz CT molecular complexity index is 579. The average Bonchev–Trinajstić information content (AvgIpc) is 3.22. The second kappa shape index (κ2) is 5.38. The molecule has 1 unspecified atom stereocenters. The summed E-state index contributed by atoms with van der Waals surface area (Å²) in [5.74, 6) is 0. The summed E-state index contributed by atoms with van der Waals surface area (Å²) >= 11 is 1.65. The zero-order chi connectivity index (χ0) is 14.3. The summed E-state index contributed by atoms with van der Waals surface area (Å²) in [5, 5.41) is 13.0. The van der Waals surface area contributed by atoms with Gasteiger partial charge in [0.05, 0.1) is 11.8 Å². The lowest BCUT2D eigenvalue weighted by atomic mass is 9.86. The molecule has 0 bridgehead atoms. The molecule has 1 aliphatic heterocycles. The van der Waals surface area contributed by atoms with Crippen LogP contribution in [0.2, 0.25) is 0 Å². The Balaban J connectivity index is 1.56. The minimum atomic E-state index is -0.289. The molecule has 5 heteroatoms. The second-order valence-corrected chi connectivity index (χ2v) is 7.42. The molecular formula is C16H23N3OS. The highest BCUT2D eigenvalue weighted by Crippen LogP contribution is 2.41. The van der Waals surface area contributed by atoms with E-state index in [0.29, 0.717) is 6.42 Å². The van der Waals surface area contributed by atoms with E-state index in [9.17, 15) is 5.11 Å². The SMILES string of the molecule is OC(Cc1cn2ccsc2n1)C1(N2CCCC2)CCCC1. The van der Waals surface area contributed by atoms with Crippen LogP contribution < -0.4 is 0 Å². The van der Waals surface area contributed by atoms with Gasteiger partial charge in [0.1, 0.15) is 0 Å². The number of nitrogens with zero attached hydrogens (tertiary/aromatic N) is 3. The third kappa shape index (κ3) is 2.31. The van der Waals surface area contributed by atoms with E-state index in [1.165, 1.54) is 25.7 Å². The molecule has 1 saturated heterocycles. The van der Waals surface area contributed by atoms with E-state index in [-0.39, 0.29) is 11.6 Å². The van der Waals surface area contributed by atoms with Gasteiger partial charge in [0.2, 0.25) is 0 Å². The van der Waals surface area contributed by atoms with Crippen LogP contribution >= 0.6 is 11.3 Å². The molecule has 4 nitrogen and oxygen atoms in total. The maximum absolute atomic E-state index is 11.0. The first-order valence-corrected chi connectivity index (χ1v) is 9.00. The average molecular weight is 305 g/mol. The molecule has 3 heterocycles. The molecule has 0 spiro atoms. The topological polar surface area (TPSA) is 40.8 Å². The Morgan fingerprint density at radius 2 is 2.00 bits per heavy atom. The molecule has 2 fully saturated rings. The van der Waals surface area contributed by atoms with Crippen molar-refractivity contribution in [2.24, 2.45) is 0 Å². The Hall–Kier alpha value is -0.910. The molecule has 0 amide bonds. The van der Waals surface area contributed by atoms with Crippen molar-refractivity contribution < 1.29 is 5.11 Å². The van der Waals surface area contributed by atoms with Gasteiger partial charge in [-0.25, -0.2) is 4.98 Å². The standard InChI is InChI=1S/C16H23N3OS/c20-14(11-13-12-18-9-10-21-15(18)17-13)16(5-1-2-6-16)19-7-3-4-8-19/h9-10,12,14,20H,1-8,11H2. The van der Waals surface area contributed by atoms with Crippen molar-refractivity contribution >= 4 is 16.3 Å². The highest BCUT2D eigenvalue weighted by Gasteiger charge is 2.46. The van der Waals surface area contributed by atoms with Gasteiger partial charge >= 0.3 is 0 Å². The van der Waals surface area contributed by atoms with E-state index in [1.807, 2.05) is 11.6 Å². The van der Waals surface area contributed by atoms with Gasteiger partial charge in [-0.2, -0.15) is 0 Å². The number of fused-ring (bicyclic) bond motifs is 1. The summed E-state index contributed by atoms with van der Waals surface area (Å²) in [4.78, 5) is 8.24. The summed E-state index contributed by atoms with van der Waals surface area (Å²) in [5.41, 5.74) is 1.05. The Labute approximate surface area is 129 Å². The lowest BCUT2D eigenvalue weighted by Crippen LogP contribution is -2.54. The van der Waals surface area contributed by atoms with Crippen LogP contribution in [-0.2, 0) is 6.42 Å². The highest BCUT2D eigenvalue weighted by atomic mass is 32.1. The minimum Gasteiger partial charge on any atom is -0.391 e. The summed E-state index contributed by atoms with van der Waals surface area (Å²) in [6.07, 6.45) is 11.9. The number of thiazole rings is 1. The number of hydrogen-bond acceptors (Lipinski definition) is 4. The summed E-state index contributed by atoms with van der Waals surface area (Å²) in [6.45, 7) is 2.32. The number of aromatic nitrogens is 2. The number of likely N-dealkylation sites (tertiary alicyclic amines) is 1. The number of hydrogen-bond donors (Lipinski definition) is 1. The monoisotopic (exact) mass is 305 g/mol. The van der Waals surface area contributed by atoms with E-state index in [2.05, 4.69) is 20.5 Å². The summed E-state index contributed by atoms with van der Waals surface area (Å²) < 4.78 is 2.06. The van der Waals surface area contributed by atoms with Crippen LogP contribution in [0.15, 0.2) is 17.8 Å². The predicted octanol–water partition coefficient (Wildman–Crippen LogP) is 2.71. The van der Waals surface area contributed by atoms with Crippen LogP contribution in [0.1, 0.15) is 44.2 Å². The van der Waals surface area contributed by atoms with Gasteiger partial charge in [-0.1, -0.05) is 12.8 Å². The fourth-order valence-corrected chi connectivity index (χ4v) is 4.99. The molecule has 1 atom stereocenters. The molecule has 0 aromatic carbocycles. The van der Waals surface area contributed by atoms with Gasteiger partial charge in [-0.3, -0.25) is 9.30 Å². The first-order valence-electron chi connectivity index (χ1n) is 8.12. The molecular weight excluding hydrogens is 282 g/mol. The van der Waals surface area contributed by atoms with E-state index >= 15 is 0 Å². The zero-order valence-corrected chi connectivity index (χ0v) is 13.2. The number of aliphatic hydroxyl groups is 1. The van der Waals surface area contributed by atoms with E-state index < -0.39 is 0 Å². The number of aliphatic hydroxyl groups excluding tert-OH is 1. The van der Waals surface area contributed by atoms with Gasteiger partial charge in [-0.15, -0.1) is 11.3 Å². The number of rotatable bonds is 4. The van der Waals surface area contributed by atoms with Crippen LogP contribution in [-0.4, -0.2) is 44.1 Å². The zero-order valence-electron chi connectivity index (χ0n) is 12.4. The van der Waals surface area contributed by atoms with Crippen LogP contribution in [0.3, 0.4) is 0 Å². The summed E-state index contributed by atoms with van der Waals surface area (Å²) in [7, 11) is 0. The van der Waals surface area contributed by atoms with Crippen LogP contribution in [0.5, 0.6) is 0 Å². The summed E-state index contributed by atoms with van der Waals surface area (Å²) in [6, 6.07) is 0. The molecule has 2 aliphatic rings. The van der Waals surface area contributed by atoms with Crippen LogP contribution in [0, 0.1) is 0 Å². The molecule has 2 aromatic heterocycles. The van der Waals surface area contributed by atoms with E-state index in [0.717, 1.165) is 36.6 Å². The smallest absolute Gasteiger partial charge is 0.193 e. The Morgan fingerprint density at radius 3 is 2.71 bits per heavy atom. The lowest BCUT2D eigenvalue weighted by Gasteiger charge is -2.42. The normalized spacial score (nSPS) is 24.0. The van der Waals surface area contributed by atoms with Crippen molar-refractivity contribution in [3.63, 3.8) is 0 Å². The van der Waals surface area contributed by atoms with Gasteiger partial charge in [0.25, 0.3) is 0 Å². The third-order valence-corrected chi connectivity index (χ3v) is 6.14. The Morgan fingerprint density at radius 1 is 1.24 bits per heavy atom. The van der Waals surface area contributed by atoms with Crippen molar-refractivity contribution in [3.8, 4) is 0 Å². The molecule has 114 valence electrons. The quantitative estimate of drug-likeness (QED) is 0.944. The third-order valence-electron chi connectivity index (χ3n) is 5.37. The van der Waals surface area contributed by atoms with Gasteiger partial charge in [0.15, 0.2) is 4.96 Å². The van der Waals surface area contributed by atoms with Crippen LogP contribution in [0.4, 0.5) is 0 Å². The molecule has 1 saturated carbocycles. The fraction of sp³-hybridized carbons (Fsp3) is 0.688. The highest BCUT2D eigenvalue weighted by molar-refractivity contribution is 7.15. The predicted molar refractivity (Wildman–Crippen MR) is 84.8 cm³/mol. The van der Waals surface area contributed by atoms with Gasteiger partial charge < -0.3 is 5.11 Å². The van der Waals surface area contributed by atoms with Crippen molar-refractivity contribution in [3.05, 3.63) is 23.5 Å². The molecule has 1 aliphatic carbocycles. The second-order valence-electron chi connectivity index (χ2n) is 6.55. The Kier molecular flexibility index (Phi) is 3.52. The minimum absolute atomic E-state index is 0.0214. The van der Waals surface area contributed by atoms with Crippen LogP contribution in [0.25, 0.3) is 4.96 Å². The van der Waals surface area contributed by atoms with Crippen molar-refractivity contribution in [1.82, 2.24) is 14.3 Å². The maximum atomic E-state index is 11.0. The molecule has 4 rings (SSSR count). The molecule has 21 heavy (non-hydrogen) atoms. The van der Waals surface area contributed by atoms with Gasteiger partial charge in [-0.05, 0) is 38.8 Å². The van der Waals surface area contributed by atoms with Crippen molar-refractivity contribution in [1.29, 1.82) is 0 Å². The van der Waals surface area contributed by atoms with E-state index in [1.54, 1.807) is 11.3 Å². The fourth-order valence-electron chi connectivity index (χ4n) is 4.27. The van der Waals surface area contributed by atoms with Crippen molar-refractivity contribution in [2.45, 2.75) is 56.6 Å². The largest absolute Gasteiger partial charge is 0.391 e.